The zero-order chi connectivity index (χ0) is 24.0. The number of hydrogen-bond donors (Lipinski definition) is 4. The zero-order valence-corrected chi connectivity index (χ0v) is 19.0. The lowest BCUT2D eigenvalue weighted by Crippen LogP contribution is -2.56. The maximum Gasteiger partial charge on any atom is 0.291 e. The minimum absolute atomic E-state index is 0.00991. The number of aromatic nitrogens is 1. The average molecular weight is 488 g/mol. The van der Waals surface area contributed by atoms with E-state index in [1.165, 1.54) is 0 Å². The van der Waals surface area contributed by atoms with E-state index in [0.29, 0.717) is 20.9 Å². The second-order valence-electron chi connectivity index (χ2n) is 7.55. The number of primary amides is 1. The molecule has 0 spiro atoms. The van der Waals surface area contributed by atoms with Crippen molar-refractivity contribution in [3.63, 3.8) is 0 Å². The van der Waals surface area contributed by atoms with Crippen molar-refractivity contribution in [2.45, 2.75) is 38.4 Å². The van der Waals surface area contributed by atoms with Gasteiger partial charge in [-0.15, -0.1) is 0 Å². The molecule has 2 atom stereocenters. The number of nitrogens with zero attached hydrogens (tertiary/aromatic N) is 1. The van der Waals surface area contributed by atoms with Crippen LogP contribution in [0.1, 0.15) is 37.2 Å². The normalized spacial score (nSPS) is 12.9. The molecule has 32 heavy (non-hydrogen) atoms. The maximum atomic E-state index is 13.3. The molecule has 9 nitrogen and oxygen atoms in total. The number of H-pyrrole nitrogens is 1. The van der Waals surface area contributed by atoms with Crippen LogP contribution < -0.4 is 16.5 Å². The Labute approximate surface area is 193 Å². The molecule has 2 rings (SSSR count). The first kappa shape index (κ1) is 25.4. The number of fused-ring (bicyclic) bond motifs is 1. The summed E-state index contributed by atoms with van der Waals surface area (Å²) in [7, 11) is 0. The van der Waals surface area contributed by atoms with Gasteiger partial charge in [0, 0.05) is 22.3 Å². The fraction of sp³-hybridized carbons (Fsp3) is 0.400. The van der Waals surface area contributed by atoms with E-state index in [0.717, 1.165) is 0 Å². The number of hydrogen-bond acceptors (Lipinski definition) is 4. The van der Waals surface area contributed by atoms with Crippen molar-refractivity contribution < 1.29 is 23.6 Å². The predicted octanol–water partition coefficient (Wildman–Crippen LogP) is 2.24. The molecule has 1 aromatic carbocycles. The Morgan fingerprint density at radius 2 is 1.91 bits per heavy atom. The van der Waals surface area contributed by atoms with Gasteiger partial charge in [-0.25, -0.2) is 9.40 Å². The molecule has 1 heterocycles. The third-order valence-corrected chi connectivity index (χ3v) is 4.86. The fourth-order valence-corrected chi connectivity index (χ4v) is 3.24. The lowest BCUT2D eigenvalue weighted by Gasteiger charge is -2.27. The molecule has 0 saturated heterocycles. The van der Waals surface area contributed by atoms with Gasteiger partial charge >= 0.3 is 0 Å². The van der Waals surface area contributed by atoms with E-state index in [-0.39, 0.29) is 31.0 Å². The molecular formula is C20H24Cl2FN5O4. The van der Waals surface area contributed by atoms with Gasteiger partial charge in [0.15, 0.2) is 0 Å². The van der Waals surface area contributed by atoms with Gasteiger partial charge < -0.3 is 16.0 Å². The molecule has 0 radical (unpaired) electrons. The highest BCUT2D eigenvalue weighted by Crippen LogP contribution is 2.20. The van der Waals surface area contributed by atoms with Crippen molar-refractivity contribution >= 4 is 57.7 Å². The number of rotatable bonds is 9. The van der Waals surface area contributed by atoms with Crippen LogP contribution in [0.15, 0.2) is 24.3 Å². The van der Waals surface area contributed by atoms with Crippen LogP contribution in [0.2, 0.25) is 5.02 Å². The number of hydrazine groups is 1. The second kappa shape index (κ2) is 11.1. The largest absolute Gasteiger partial charge is 0.370 e. The van der Waals surface area contributed by atoms with Gasteiger partial charge in [0.1, 0.15) is 11.7 Å². The number of carbonyl (C=O) groups is 4. The van der Waals surface area contributed by atoms with E-state index in [2.05, 4.69) is 15.7 Å². The standard InChI is InChI=1S/C20H24Cl2FN5O4/c1-10(2)7-14(19(31)27-28(6-5-16(24)29)20(32)17(22)23)26-18(30)15-9-11-8-12(21)3-4-13(11)25-15/h3-4,8-10,14,17,25H,5-7H2,1-2H3,(H2,24,29)(H,26,30)(H,27,31). The Hall–Kier alpha value is -2.85. The van der Waals surface area contributed by atoms with Crippen LogP contribution in [0.5, 0.6) is 0 Å². The second-order valence-corrected chi connectivity index (χ2v) is 8.37. The summed E-state index contributed by atoms with van der Waals surface area (Å²) in [5.41, 5.74) is 5.74. The number of nitrogens with two attached hydrogens (primary N) is 1. The Balaban J connectivity index is 2.18. The average Bonchev–Trinajstić information content (AvgIpc) is 3.12. The Morgan fingerprint density at radius 3 is 2.50 bits per heavy atom. The molecule has 0 aliphatic carbocycles. The quantitative estimate of drug-likeness (QED) is 0.318. The van der Waals surface area contributed by atoms with Crippen molar-refractivity contribution in [3.8, 4) is 0 Å². The molecule has 2 unspecified atom stereocenters. The van der Waals surface area contributed by atoms with Crippen LogP contribution in [0.4, 0.5) is 4.39 Å². The number of benzene rings is 1. The molecule has 174 valence electrons. The number of alkyl halides is 2. The van der Waals surface area contributed by atoms with E-state index < -0.39 is 35.3 Å². The van der Waals surface area contributed by atoms with Crippen LogP contribution in [0, 0.1) is 5.92 Å². The summed E-state index contributed by atoms with van der Waals surface area (Å²) in [5, 5.41) is 4.41. The summed E-state index contributed by atoms with van der Waals surface area (Å²) < 4.78 is 13.3. The van der Waals surface area contributed by atoms with Gasteiger partial charge in [0.05, 0.1) is 6.54 Å². The number of aromatic amines is 1. The lowest BCUT2D eigenvalue weighted by atomic mass is 10.0. The molecule has 4 amide bonds. The lowest BCUT2D eigenvalue weighted by molar-refractivity contribution is -0.144. The van der Waals surface area contributed by atoms with Crippen molar-refractivity contribution in [2.75, 3.05) is 6.54 Å². The highest BCUT2D eigenvalue weighted by atomic mass is 35.5. The summed E-state index contributed by atoms with van der Waals surface area (Å²) >= 11 is 11.2. The molecular weight excluding hydrogens is 464 g/mol. The van der Waals surface area contributed by atoms with E-state index in [4.69, 9.17) is 28.9 Å². The number of nitrogens with one attached hydrogen (secondary N) is 3. The first-order valence-electron chi connectivity index (χ1n) is 9.75. The number of amides is 4. The third kappa shape index (κ3) is 7.10. The smallest absolute Gasteiger partial charge is 0.291 e. The van der Waals surface area contributed by atoms with Gasteiger partial charge in [-0.2, -0.15) is 0 Å². The summed E-state index contributed by atoms with van der Waals surface area (Å²) in [6, 6.07) is 5.60. The van der Waals surface area contributed by atoms with Crippen LogP contribution >= 0.6 is 23.2 Å². The molecule has 0 aliphatic heterocycles. The van der Waals surface area contributed by atoms with Gasteiger partial charge in [-0.05, 0) is 36.6 Å². The predicted molar refractivity (Wildman–Crippen MR) is 118 cm³/mol. The Morgan fingerprint density at radius 1 is 1.22 bits per heavy atom. The molecule has 12 heteroatoms. The number of carbonyl (C=O) groups excluding carboxylic acids is 4. The van der Waals surface area contributed by atoms with Gasteiger partial charge in [0.2, 0.25) is 5.91 Å². The molecule has 2 aromatic rings. The minimum Gasteiger partial charge on any atom is -0.370 e. The summed E-state index contributed by atoms with van der Waals surface area (Å²) in [5.74, 6) is -3.36. The topological polar surface area (TPSA) is 137 Å². The molecule has 0 bridgehead atoms. The van der Waals surface area contributed by atoms with E-state index in [9.17, 15) is 23.6 Å². The Bertz CT molecular complexity index is 1010. The van der Waals surface area contributed by atoms with Crippen molar-refractivity contribution in [1.82, 2.24) is 20.7 Å². The third-order valence-electron chi connectivity index (χ3n) is 4.44. The SMILES string of the molecule is CC(C)CC(NC(=O)c1cc2cc(Cl)ccc2[nH]1)C(=O)NN(CCC(N)=O)C(=O)C(F)Cl. The molecule has 0 fully saturated rings. The summed E-state index contributed by atoms with van der Waals surface area (Å²) in [6.45, 7) is 3.30. The molecule has 0 saturated carbocycles. The van der Waals surface area contributed by atoms with Gasteiger partial charge in [-0.3, -0.25) is 24.6 Å². The first-order valence-corrected chi connectivity index (χ1v) is 10.6. The van der Waals surface area contributed by atoms with Crippen molar-refractivity contribution in [2.24, 2.45) is 11.7 Å². The molecule has 1 aromatic heterocycles. The van der Waals surface area contributed by atoms with E-state index in [1.54, 1.807) is 24.3 Å². The van der Waals surface area contributed by atoms with Crippen LogP contribution in [0.3, 0.4) is 0 Å². The zero-order valence-electron chi connectivity index (χ0n) is 17.5. The minimum atomic E-state index is -2.43. The summed E-state index contributed by atoms with van der Waals surface area (Å²) in [6.07, 6.45) is -0.101. The van der Waals surface area contributed by atoms with Crippen LogP contribution in [-0.2, 0) is 14.4 Å². The van der Waals surface area contributed by atoms with Gasteiger partial charge in [-0.1, -0.05) is 37.0 Å². The maximum absolute atomic E-state index is 13.3. The first-order chi connectivity index (χ1) is 15.0. The van der Waals surface area contributed by atoms with E-state index in [1.807, 2.05) is 13.8 Å². The van der Waals surface area contributed by atoms with Crippen LogP contribution in [-0.4, -0.2) is 51.8 Å². The summed E-state index contributed by atoms with van der Waals surface area (Å²) in [4.78, 5) is 51.5. The highest BCUT2D eigenvalue weighted by molar-refractivity contribution is 6.31. The fourth-order valence-electron chi connectivity index (χ4n) is 2.94. The Kier molecular flexibility index (Phi) is 8.85. The molecule has 0 aliphatic rings. The monoisotopic (exact) mass is 487 g/mol. The molecule has 5 N–H and O–H groups in total. The van der Waals surface area contributed by atoms with Gasteiger partial charge in [0.25, 0.3) is 23.4 Å². The van der Waals surface area contributed by atoms with Crippen LogP contribution in [0.25, 0.3) is 10.9 Å². The number of halogens is 3. The van der Waals surface area contributed by atoms with Crippen molar-refractivity contribution in [3.05, 3.63) is 35.0 Å². The highest BCUT2D eigenvalue weighted by Gasteiger charge is 2.29. The van der Waals surface area contributed by atoms with E-state index >= 15 is 0 Å². The van der Waals surface area contributed by atoms with Crippen molar-refractivity contribution in [1.29, 1.82) is 0 Å².